The molecule has 0 amide bonds. The van der Waals surface area contributed by atoms with Gasteiger partial charge in [-0.2, -0.15) is 0 Å². The van der Waals surface area contributed by atoms with Gasteiger partial charge < -0.3 is 10.2 Å². The second kappa shape index (κ2) is 6.96. The average molecular weight is 346 g/mol. The highest BCUT2D eigenvalue weighted by Gasteiger charge is 2.21. The molecule has 1 aromatic rings. The van der Waals surface area contributed by atoms with Crippen molar-refractivity contribution in [2.24, 2.45) is 0 Å². The maximum Gasteiger partial charge on any atom is 0.0526 e. The molecule has 1 unspecified atom stereocenters. The molecule has 0 spiro atoms. The molecule has 0 aromatic heterocycles. The highest BCUT2D eigenvalue weighted by atomic mass is 79.9. The molecule has 106 valence electrons. The van der Waals surface area contributed by atoms with E-state index in [9.17, 15) is 0 Å². The number of nitrogens with zero attached hydrogens (tertiary/aromatic N) is 1. The monoisotopic (exact) mass is 344 g/mol. The van der Waals surface area contributed by atoms with Crippen molar-refractivity contribution in [3.63, 3.8) is 0 Å². The van der Waals surface area contributed by atoms with Gasteiger partial charge in [-0.25, -0.2) is 0 Å². The maximum atomic E-state index is 6.26. The van der Waals surface area contributed by atoms with Crippen LogP contribution in [-0.4, -0.2) is 25.7 Å². The van der Waals surface area contributed by atoms with Crippen LogP contribution in [0.15, 0.2) is 16.6 Å². The first-order chi connectivity index (χ1) is 9.11. The molecule has 0 aliphatic carbocycles. The molecule has 1 heterocycles. The van der Waals surface area contributed by atoms with Gasteiger partial charge in [-0.15, -0.1) is 0 Å². The Morgan fingerprint density at radius 1 is 1.47 bits per heavy atom. The standard InChI is InChI=1S/C15H22BrClN2/c1-3-6-18-12-5-4-7-19(10-12)15-9-14(17)11(2)8-13(15)16/h8-9,12,18H,3-7,10H2,1-2H3. The van der Waals surface area contributed by atoms with E-state index in [1.54, 1.807) is 0 Å². The number of rotatable bonds is 4. The van der Waals surface area contributed by atoms with Gasteiger partial charge in [0.25, 0.3) is 0 Å². The number of nitrogens with one attached hydrogen (secondary N) is 1. The van der Waals surface area contributed by atoms with Crippen molar-refractivity contribution in [3.8, 4) is 0 Å². The molecule has 0 radical (unpaired) electrons. The molecule has 1 aromatic carbocycles. The van der Waals surface area contributed by atoms with Crippen LogP contribution in [0.2, 0.25) is 5.02 Å². The number of hydrogen-bond acceptors (Lipinski definition) is 2. The summed E-state index contributed by atoms with van der Waals surface area (Å²) in [6, 6.07) is 4.80. The molecule has 1 aliphatic heterocycles. The molecule has 0 saturated carbocycles. The Kier molecular flexibility index (Phi) is 5.55. The van der Waals surface area contributed by atoms with E-state index in [0.29, 0.717) is 6.04 Å². The lowest BCUT2D eigenvalue weighted by molar-refractivity contribution is 0.423. The van der Waals surface area contributed by atoms with E-state index in [0.717, 1.165) is 34.7 Å². The van der Waals surface area contributed by atoms with Crippen LogP contribution < -0.4 is 10.2 Å². The minimum atomic E-state index is 0.598. The molecule has 1 saturated heterocycles. The number of halogens is 2. The summed E-state index contributed by atoms with van der Waals surface area (Å²) < 4.78 is 1.14. The largest absolute Gasteiger partial charge is 0.369 e. The molecule has 1 atom stereocenters. The molecule has 2 rings (SSSR count). The van der Waals surface area contributed by atoms with Crippen LogP contribution in [0.5, 0.6) is 0 Å². The van der Waals surface area contributed by atoms with Crippen molar-refractivity contribution >= 4 is 33.2 Å². The summed E-state index contributed by atoms with van der Waals surface area (Å²) >= 11 is 9.93. The number of anilines is 1. The fourth-order valence-electron chi connectivity index (χ4n) is 2.59. The Balaban J connectivity index is 2.10. The minimum Gasteiger partial charge on any atom is -0.369 e. The molecule has 2 nitrogen and oxygen atoms in total. The van der Waals surface area contributed by atoms with Crippen molar-refractivity contribution in [1.29, 1.82) is 0 Å². The second-order valence-corrected chi connectivity index (χ2v) is 6.55. The van der Waals surface area contributed by atoms with E-state index < -0.39 is 0 Å². The van der Waals surface area contributed by atoms with Crippen LogP contribution in [0.1, 0.15) is 31.7 Å². The summed E-state index contributed by atoms with van der Waals surface area (Å²) in [6.45, 7) is 7.54. The lowest BCUT2D eigenvalue weighted by atomic mass is 10.0. The summed E-state index contributed by atoms with van der Waals surface area (Å²) in [5, 5.41) is 4.48. The smallest absolute Gasteiger partial charge is 0.0526 e. The third kappa shape index (κ3) is 3.87. The maximum absolute atomic E-state index is 6.26. The normalized spacial score (nSPS) is 19.8. The van der Waals surface area contributed by atoms with E-state index in [-0.39, 0.29) is 0 Å². The Hall–Kier alpha value is -0.250. The Morgan fingerprint density at radius 2 is 2.26 bits per heavy atom. The number of piperidine rings is 1. The van der Waals surface area contributed by atoms with E-state index in [4.69, 9.17) is 11.6 Å². The fraction of sp³-hybridized carbons (Fsp3) is 0.600. The van der Waals surface area contributed by atoms with Crippen molar-refractivity contribution in [3.05, 3.63) is 27.2 Å². The fourth-order valence-corrected chi connectivity index (χ4v) is 3.46. The lowest BCUT2D eigenvalue weighted by Gasteiger charge is -2.35. The molecule has 1 fully saturated rings. The van der Waals surface area contributed by atoms with Crippen LogP contribution in [0, 0.1) is 6.92 Å². The van der Waals surface area contributed by atoms with Gasteiger partial charge in [-0.3, -0.25) is 0 Å². The topological polar surface area (TPSA) is 15.3 Å². The zero-order chi connectivity index (χ0) is 13.8. The van der Waals surface area contributed by atoms with Crippen molar-refractivity contribution < 1.29 is 0 Å². The lowest BCUT2D eigenvalue weighted by Crippen LogP contribution is -2.46. The number of benzene rings is 1. The summed E-state index contributed by atoms with van der Waals surface area (Å²) in [5.41, 5.74) is 2.34. The summed E-state index contributed by atoms with van der Waals surface area (Å²) in [4.78, 5) is 2.44. The van der Waals surface area contributed by atoms with Gasteiger partial charge in [-0.1, -0.05) is 18.5 Å². The predicted molar refractivity (Wildman–Crippen MR) is 87.4 cm³/mol. The highest BCUT2D eigenvalue weighted by Crippen LogP contribution is 2.33. The zero-order valence-corrected chi connectivity index (χ0v) is 14.0. The van der Waals surface area contributed by atoms with E-state index in [1.165, 1.54) is 24.9 Å². The summed E-state index contributed by atoms with van der Waals surface area (Å²) in [6.07, 6.45) is 3.70. The van der Waals surface area contributed by atoms with Crippen molar-refractivity contribution in [2.45, 2.75) is 39.2 Å². The third-order valence-electron chi connectivity index (χ3n) is 3.67. The zero-order valence-electron chi connectivity index (χ0n) is 11.7. The molecule has 19 heavy (non-hydrogen) atoms. The van der Waals surface area contributed by atoms with E-state index >= 15 is 0 Å². The van der Waals surface area contributed by atoms with Crippen LogP contribution in [0.25, 0.3) is 0 Å². The number of aryl methyl sites for hydroxylation is 1. The SMILES string of the molecule is CCCNC1CCCN(c2cc(Cl)c(C)cc2Br)C1. The molecule has 1 aliphatic rings. The van der Waals surface area contributed by atoms with Crippen molar-refractivity contribution in [1.82, 2.24) is 5.32 Å². The molecule has 0 bridgehead atoms. The average Bonchev–Trinajstić information content (AvgIpc) is 2.41. The first kappa shape index (κ1) is 15.1. The molecule has 1 N–H and O–H groups in total. The van der Waals surface area contributed by atoms with Gasteiger partial charge in [-0.05, 0) is 66.4 Å². The van der Waals surface area contributed by atoms with Gasteiger partial charge in [0.2, 0.25) is 0 Å². The van der Waals surface area contributed by atoms with Gasteiger partial charge in [0.1, 0.15) is 0 Å². The van der Waals surface area contributed by atoms with Crippen LogP contribution in [-0.2, 0) is 0 Å². The van der Waals surface area contributed by atoms with Crippen LogP contribution in [0.4, 0.5) is 5.69 Å². The van der Waals surface area contributed by atoms with E-state index in [1.807, 2.05) is 6.92 Å². The quantitative estimate of drug-likeness (QED) is 0.871. The molecule has 4 heteroatoms. The van der Waals surface area contributed by atoms with Gasteiger partial charge in [0.05, 0.1) is 5.69 Å². The highest BCUT2D eigenvalue weighted by molar-refractivity contribution is 9.10. The van der Waals surface area contributed by atoms with Gasteiger partial charge in [0, 0.05) is 28.6 Å². The summed E-state index contributed by atoms with van der Waals surface area (Å²) in [7, 11) is 0. The molecular weight excluding hydrogens is 324 g/mol. The Morgan fingerprint density at radius 3 is 3.00 bits per heavy atom. The van der Waals surface area contributed by atoms with Gasteiger partial charge >= 0.3 is 0 Å². The third-order valence-corrected chi connectivity index (χ3v) is 4.72. The first-order valence-electron chi connectivity index (χ1n) is 7.05. The summed E-state index contributed by atoms with van der Waals surface area (Å²) in [5.74, 6) is 0. The number of hydrogen-bond donors (Lipinski definition) is 1. The van der Waals surface area contributed by atoms with E-state index in [2.05, 4.69) is 45.2 Å². The van der Waals surface area contributed by atoms with Crippen molar-refractivity contribution in [2.75, 3.05) is 24.5 Å². The minimum absolute atomic E-state index is 0.598. The predicted octanol–water partition coefficient (Wildman–Crippen LogP) is 4.38. The first-order valence-corrected chi connectivity index (χ1v) is 8.23. The second-order valence-electron chi connectivity index (χ2n) is 5.29. The Bertz CT molecular complexity index is 436. The van der Waals surface area contributed by atoms with Gasteiger partial charge in [0.15, 0.2) is 0 Å². The molecular formula is C15H22BrClN2. The van der Waals surface area contributed by atoms with Crippen LogP contribution >= 0.6 is 27.5 Å². The Labute approximate surface area is 129 Å². The van der Waals surface area contributed by atoms with Crippen LogP contribution in [0.3, 0.4) is 0 Å².